The van der Waals surface area contributed by atoms with Gasteiger partial charge in [0.05, 0.1) is 23.6 Å². The van der Waals surface area contributed by atoms with Gasteiger partial charge in [-0.15, -0.1) is 5.10 Å². The zero-order chi connectivity index (χ0) is 36.2. The third-order valence-electron chi connectivity index (χ3n) is 9.03. The number of hydrogen-bond donors (Lipinski definition) is 2. The summed E-state index contributed by atoms with van der Waals surface area (Å²) in [7, 11) is 1.62. The first-order chi connectivity index (χ1) is 23.5. The van der Waals surface area contributed by atoms with E-state index in [4.69, 9.17) is 4.74 Å². The van der Waals surface area contributed by atoms with E-state index in [0.717, 1.165) is 18.3 Å². The predicted molar refractivity (Wildman–Crippen MR) is 167 cm³/mol. The van der Waals surface area contributed by atoms with Crippen LogP contribution in [-0.4, -0.2) is 62.0 Å². The Kier molecular flexibility index (Phi) is 9.01. The smallest absolute Gasteiger partial charge is 0.416 e. The number of hydrogen-bond acceptors (Lipinski definition) is 6. The Hall–Kier alpha value is -5.12. The predicted octanol–water partition coefficient (Wildman–Crippen LogP) is 5.39. The van der Waals surface area contributed by atoms with E-state index in [9.17, 15) is 37.1 Å². The first-order valence-corrected chi connectivity index (χ1v) is 15.5. The van der Waals surface area contributed by atoms with E-state index >= 15 is 8.78 Å². The molecule has 2 N–H and O–H groups in total. The van der Waals surface area contributed by atoms with Gasteiger partial charge in [0.15, 0.2) is 0 Å². The number of benzene rings is 2. The highest BCUT2D eigenvalue weighted by Gasteiger charge is 2.38. The molecule has 6 rings (SSSR count). The maximum absolute atomic E-state index is 15.8. The van der Waals surface area contributed by atoms with Gasteiger partial charge in [-0.3, -0.25) is 28.5 Å². The van der Waals surface area contributed by atoms with Gasteiger partial charge < -0.3 is 15.2 Å². The van der Waals surface area contributed by atoms with Crippen LogP contribution in [0.15, 0.2) is 47.4 Å². The number of carbonyl (C=O) groups excluding carboxylic acids is 1. The number of fused-ring (bicyclic) bond motifs is 6. The molecule has 264 valence electrons. The maximum Gasteiger partial charge on any atom is 0.416 e. The second-order valence-electron chi connectivity index (χ2n) is 12.5. The van der Waals surface area contributed by atoms with Crippen molar-refractivity contribution in [2.24, 2.45) is 7.05 Å². The number of aryl methyl sites for hydroxylation is 2. The van der Waals surface area contributed by atoms with Crippen LogP contribution in [0, 0.1) is 25.5 Å². The molecular weight excluding hydrogens is 672 g/mol. The van der Waals surface area contributed by atoms with E-state index in [1.807, 2.05) is 0 Å². The van der Waals surface area contributed by atoms with Crippen LogP contribution in [0.1, 0.15) is 52.0 Å². The van der Waals surface area contributed by atoms with Crippen LogP contribution in [0.3, 0.4) is 0 Å². The van der Waals surface area contributed by atoms with Crippen LogP contribution in [-0.2, 0) is 29.2 Å². The second-order valence-corrected chi connectivity index (χ2v) is 12.5. The zero-order valence-corrected chi connectivity index (χ0v) is 26.9. The average Bonchev–Trinajstić information content (AvgIpc) is 3.29. The van der Waals surface area contributed by atoms with Gasteiger partial charge in [-0.1, -0.05) is 0 Å². The highest BCUT2D eigenvalue weighted by atomic mass is 19.4. The Bertz CT molecular complexity index is 2070. The molecule has 4 bridgehead atoms. The molecule has 0 radical (unpaired) electrons. The maximum atomic E-state index is 15.8. The van der Waals surface area contributed by atoms with Crippen molar-refractivity contribution >= 4 is 11.9 Å². The summed E-state index contributed by atoms with van der Waals surface area (Å²) < 4.78 is 95.7. The van der Waals surface area contributed by atoms with Crippen LogP contribution in [0.4, 0.5) is 26.3 Å². The summed E-state index contributed by atoms with van der Waals surface area (Å²) in [5.74, 6) is -4.61. The number of aliphatic carboxylic acids is 1. The lowest BCUT2D eigenvalue weighted by Gasteiger charge is -2.34. The average molecular weight is 704 g/mol. The van der Waals surface area contributed by atoms with Crippen LogP contribution in [0.25, 0.3) is 11.1 Å². The van der Waals surface area contributed by atoms with Gasteiger partial charge in [0.1, 0.15) is 29.6 Å². The summed E-state index contributed by atoms with van der Waals surface area (Å²) in [5.41, 5.74) is -2.39. The van der Waals surface area contributed by atoms with E-state index in [-0.39, 0.29) is 48.8 Å². The molecule has 2 atom stereocenters. The second kappa shape index (κ2) is 13.0. The molecule has 4 heterocycles. The molecule has 1 amide bonds. The third-order valence-corrected chi connectivity index (χ3v) is 9.03. The molecule has 2 aliphatic heterocycles. The fourth-order valence-corrected chi connectivity index (χ4v) is 6.39. The molecule has 1 saturated heterocycles. The van der Waals surface area contributed by atoms with E-state index in [1.54, 1.807) is 18.9 Å². The lowest BCUT2D eigenvalue weighted by Crippen LogP contribution is -2.49. The fraction of sp³-hybridized carbons (Fsp3) is 0.353. The molecule has 0 aliphatic carbocycles. The molecular formula is C34H31F6N5O5. The number of ether oxygens (including phenoxy) is 1. The van der Waals surface area contributed by atoms with Crippen LogP contribution >= 0.6 is 0 Å². The van der Waals surface area contributed by atoms with Crippen molar-refractivity contribution in [2.45, 2.75) is 51.1 Å². The van der Waals surface area contributed by atoms with Gasteiger partial charge in [0.25, 0.3) is 5.56 Å². The van der Waals surface area contributed by atoms with E-state index < -0.39 is 76.6 Å². The Morgan fingerprint density at radius 2 is 1.80 bits per heavy atom. The quantitative estimate of drug-likeness (QED) is 0.259. The Labute approximate surface area is 280 Å². The standard InChI is InChI=1S/C34H31F6N5O5/c1-16-8-19-9-23(30(16)37)26(12-28(47)48)41-32(49)31(22-10-21(4-5-25(22)36)50-33-29(19)17(2)43(3)42-33)45-13-18(6-7-44-14-20(35)15-44)24(11-27(45)46)34(38,39)40/h4-5,8-11,13,20,26,31H,6-7,12,14-15H2,1-3H3,(H,41,49)(H,47,48). The Morgan fingerprint density at radius 1 is 1.08 bits per heavy atom. The number of likely N-dealkylation sites (tertiary alicyclic amines) is 1. The highest BCUT2D eigenvalue weighted by Crippen LogP contribution is 2.40. The number of nitrogens with zero attached hydrogens (tertiary/aromatic N) is 4. The van der Waals surface area contributed by atoms with Crippen molar-refractivity contribution in [1.82, 2.24) is 24.6 Å². The molecule has 4 aromatic rings. The number of alkyl halides is 4. The SMILES string of the molecule is Cc1cc2cc(c1F)C(CC(=O)O)NC(=O)C(n1cc(CCN3CC(F)C3)c(C(F)(F)F)cc1=O)c1cc(ccc1F)Oc1nn(C)c(C)c1-2. The molecule has 2 unspecified atom stereocenters. The molecule has 16 heteroatoms. The molecule has 2 aliphatic rings. The molecule has 50 heavy (non-hydrogen) atoms. The van der Waals surface area contributed by atoms with Crippen molar-refractivity contribution in [2.75, 3.05) is 19.6 Å². The lowest BCUT2D eigenvalue weighted by molar-refractivity contribution is -0.139. The van der Waals surface area contributed by atoms with Crippen molar-refractivity contribution in [3.8, 4) is 22.8 Å². The number of rotatable bonds is 6. The molecule has 10 nitrogen and oxygen atoms in total. The Balaban J connectivity index is 1.58. The van der Waals surface area contributed by atoms with Crippen LogP contribution in [0.2, 0.25) is 0 Å². The Morgan fingerprint density at radius 3 is 2.46 bits per heavy atom. The number of amides is 1. The fourth-order valence-electron chi connectivity index (χ4n) is 6.39. The van der Waals surface area contributed by atoms with Gasteiger partial charge in [-0.25, -0.2) is 13.2 Å². The van der Waals surface area contributed by atoms with Crippen LogP contribution < -0.4 is 15.6 Å². The third kappa shape index (κ3) is 6.58. The van der Waals surface area contributed by atoms with Gasteiger partial charge in [-0.05, 0) is 67.3 Å². The van der Waals surface area contributed by atoms with Gasteiger partial charge in [-0.2, -0.15) is 13.2 Å². The summed E-state index contributed by atoms with van der Waals surface area (Å²) in [5, 5.41) is 16.6. The van der Waals surface area contributed by atoms with E-state index in [0.29, 0.717) is 27.5 Å². The van der Waals surface area contributed by atoms with Crippen LogP contribution in [0.5, 0.6) is 11.6 Å². The number of halogens is 6. The monoisotopic (exact) mass is 703 g/mol. The first kappa shape index (κ1) is 34.7. The topological polar surface area (TPSA) is 119 Å². The number of carbonyl (C=O) groups is 2. The van der Waals surface area contributed by atoms with Crippen molar-refractivity contribution in [3.63, 3.8) is 0 Å². The van der Waals surface area contributed by atoms with E-state index in [2.05, 4.69) is 10.4 Å². The summed E-state index contributed by atoms with van der Waals surface area (Å²) in [6.45, 7) is 3.18. The summed E-state index contributed by atoms with van der Waals surface area (Å²) in [4.78, 5) is 41.3. The van der Waals surface area contributed by atoms with Crippen molar-refractivity contribution < 1.29 is 45.8 Å². The van der Waals surface area contributed by atoms with Gasteiger partial charge >= 0.3 is 12.1 Å². The lowest BCUT2D eigenvalue weighted by atomic mass is 9.94. The van der Waals surface area contributed by atoms with Crippen molar-refractivity contribution in [3.05, 3.63) is 98.1 Å². The first-order valence-electron chi connectivity index (χ1n) is 15.5. The molecule has 2 aromatic carbocycles. The number of carboxylic acid groups (broad SMARTS) is 1. The molecule has 0 saturated carbocycles. The minimum atomic E-state index is -4.98. The molecule has 0 spiro atoms. The summed E-state index contributed by atoms with van der Waals surface area (Å²) in [6, 6.07) is 2.75. The molecule has 1 fully saturated rings. The number of nitrogens with one attached hydrogen (secondary N) is 1. The summed E-state index contributed by atoms with van der Waals surface area (Å²) >= 11 is 0. The van der Waals surface area contributed by atoms with Gasteiger partial charge in [0.2, 0.25) is 11.8 Å². The van der Waals surface area contributed by atoms with E-state index in [1.165, 1.54) is 29.8 Å². The highest BCUT2D eigenvalue weighted by molar-refractivity contribution is 5.85. The van der Waals surface area contributed by atoms with Gasteiger partial charge in [0, 0.05) is 55.8 Å². The number of carboxylic acids is 1. The largest absolute Gasteiger partial charge is 0.481 e. The zero-order valence-electron chi connectivity index (χ0n) is 26.9. The minimum absolute atomic E-state index is 0.000111. The number of aromatic nitrogens is 3. The number of pyridine rings is 1. The van der Waals surface area contributed by atoms with Crippen molar-refractivity contribution in [1.29, 1.82) is 0 Å². The molecule has 2 aromatic heterocycles. The summed E-state index contributed by atoms with van der Waals surface area (Å²) in [6.07, 6.45) is -6.46. The normalized spacial score (nSPS) is 18.2. The minimum Gasteiger partial charge on any atom is -0.481 e.